The van der Waals surface area contributed by atoms with Crippen LogP contribution in [0.1, 0.15) is 158 Å². The van der Waals surface area contributed by atoms with E-state index in [9.17, 15) is 0 Å². The lowest BCUT2D eigenvalue weighted by molar-refractivity contribution is -0.169. The minimum absolute atomic E-state index is 0.0415. The highest BCUT2D eigenvalue weighted by Gasteiger charge is 2.36. The van der Waals surface area contributed by atoms with E-state index in [4.69, 9.17) is 4.74 Å². The van der Waals surface area contributed by atoms with E-state index in [1.54, 1.807) is 0 Å². The van der Waals surface area contributed by atoms with Crippen LogP contribution in [0.25, 0.3) is 0 Å². The highest BCUT2D eigenvalue weighted by molar-refractivity contribution is 4.85. The molecule has 0 heterocycles. The molecule has 0 aliphatic heterocycles. The first-order chi connectivity index (χ1) is 13.7. The molecule has 0 bridgehead atoms. The standard InChI is InChI=1S/C28H58O/c1-9-11-13-15-17-19-21-23-25(3)27(5,6)29-28(7,8)26(4)24-22-20-18-16-14-12-10-2/h25-26H,9-24H2,1-8H3. The number of unbranched alkanes of at least 4 members (excludes halogenated alkanes) is 12. The summed E-state index contributed by atoms with van der Waals surface area (Å²) in [6.45, 7) is 18.7. The summed E-state index contributed by atoms with van der Waals surface area (Å²) >= 11 is 0. The summed E-state index contributed by atoms with van der Waals surface area (Å²) in [5, 5.41) is 0. The lowest BCUT2D eigenvalue weighted by atomic mass is 9.83. The Bertz CT molecular complexity index is 323. The van der Waals surface area contributed by atoms with Crippen molar-refractivity contribution in [3.8, 4) is 0 Å². The predicted octanol–water partition coefficient (Wildman–Crippen LogP) is 10.1. The fraction of sp³-hybridized carbons (Fsp3) is 1.00. The summed E-state index contributed by atoms with van der Waals surface area (Å²) in [5.41, 5.74) is -0.0831. The molecule has 1 nitrogen and oxygen atoms in total. The van der Waals surface area contributed by atoms with Crippen molar-refractivity contribution in [2.75, 3.05) is 0 Å². The first-order valence-electron chi connectivity index (χ1n) is 13.4. The second kappa shape index (κ2) is 16.6. The Hall–Kier alpha value is -0.0400. The summed E-state index contributed by atoms with van der Waals surface area (Å²) < 4.78 is 6.77. The molecule has 0 saturated carbocycles. The minimum atomic E-state index is -0.0415. The third-order valence-corrected chi connectivity index (χ3v) is 7.38. The molecular formula is C28H58O. The molecule has 2 unspecified atom stereocenters. The largest absolute Gasteiger partial charge is 0.369 e. The van der Waals surface area contributed by atoms with Crippen LogP contribution >= 0.6 is 0 Å². The lowest BCUT2D eigenvalue weighted by Gasteiger charge is -2.43. The van der Waals surface area contributed by atoms with E-state index in [1.807, 2.05) is 0 Å². The van der Waals surface area contributed by atoms with Crippen molar-refractivity contribution in [1.29, 1.82) is 0 Å². The summed E-state index contributed by atoms with van der Waals surface area (Å²) in [5.74, 6) is 1.23. The van der Waals surface area contributed by atoms with Crippen LogP contribution in [0.5, 0.6) is 0 Å². The zero-order valence-electron chi connectivity index (χ0n) is 21.9. The van der Waals surface area contributed by atoms with Crippen LogP contribution in [0, 0.1) is 11.8 Å². The normalized spacial score (nSPS) is 14.9. The van der Waals surface area contributed by atoms with Crippen molar-refractivity contribution in [2.24, 2.45) is 11.8 Å². The predicted molar refractivity (Wildman–Crippen MR) is 133 cm³/mol. The van der Waals surface area contributed by atoms with Crippen LogP contribution in [0.3, 0.4) is 0 Å². The zero-order chi connectivity index (χ0) is 22.2. The van der Waals surface area contributed by atoms with Crippen molar-refractivity contribution in [2.45, 2.75) is 169 Å². The molecule has 2 atom stereocenters. The first-order valence-corrected chi connectivity index (χ1v) is 13.4. The van der Waals surface area contributed by atoms with Gasteiger partial charge in [-0.15, -0.1) is 0 Å². The third kappa shape index (κ3) is 14.6. The maximum atomic E-state index is 6.77. The van der Waals surface area contributed by atoms with Gasteiger partial charge >= 0.3 is 0 Å². The maximum Gasteiger partial charge on any atom is 0.0659 e. The van der Waals surface area contributed by atoms with Crippen LogP contribution in [-0.4, -0.2) is 11.2 Å². The van der Waals surface area contributed by atoms with E-state index in [0.717, 1.165) is 0 Å². The molecule has 0 aliphatic rings. The first kappa shape index (κ1) is 29.0. The zero-order valence-corrected chi connectivity index (χ0v) is 21.9. The van der Waals surface area contributed by atoms with E-state index >= 15 is 0 Å². The van der Waals surface area contributed by atoms with Gasteiger partial charge in [0.05, 0.1) is 11.2 Å². The van der Waals surface area contributed by atoms with Gasteiger partial charge < -0.3 is 4.74 Å². The number of rotatable bonds is 20. The Morgan fingerprint density at radius 1 is 0.483 bits per heavy atom. The van der Waals surface area contributed by atoms with Crippen molar-refractivity contribution in [3.63, 3.8) is 0 Å². The molecule has 0 aromatic rings. The molecule has 0 saturated heterocycles. The van der Waals surface area contributed by atoms with Crippen LogP contribution in [0.4, 0.5) is 0 Å². The summed E-state index contributed by atoms with van der Waals surface area (Å²) in [7, 11) is 0. The molecule has 0 fully saturated rings. The van der Waals surface area contributed by atoms with Gasteiger partial charge in [0.1, 0.15) is 0 Å². The van der Waals surface area contributed by atoms with Crippen molar-refractivity contribution in [3.05, 3.63) is 0 Å². The van der Waals surface area contributed by atoms with Gasteiger partial charge in [0.2, 0.25) is 0 Å². The summed E-state index contributed by atoms with van der Waals surface area (Å²) in [6, 6.07) is 0. The van der Waals surface area contributed by atoms with Crippen LogP contribution < -0.4 is 0 Å². The maximum absolute atomic E-state index is 6.77. The molecule has 0 amide bonds. The van der Waals surface area contributed by atoms with Gasteiger partial charge in [-0.2, -0.15) is 0 Å². The summed E-state index contributed by atoms with van der Waals surface area (Å²) in [6.07, 6.45) is 22.1. The number of hydrogen-bond donors (Lipinski definition) is 0. The second-order valence-corrected chi connectivity index (χ2v) is 10.9. The fourth-order valence-electron chi connectivity index (χ4n) is 4.39. The van der Waals surface area contributed by atoms with Crippen molar-refractivity contribution < 1.29 is 4.74 Å². The van der Waals surface area contributed by atoms with Gasteiger partial charge in [-0.1, -0.05) is 118 Å². The number of ether oxygens (including phenoxy) is 1. The SMILES string of the molecule is CCCCCCCCCC(C)C(C)(C)OC(C)(C)C(C)CCCCCCCCC. The van der Waals surface area contributed by atoms with Gasteiger partial charge in [-0.25, -0.2) is 0 Å². The van der Waals surface area contributed by atoms with Crippen molar-refractivity contribution >= 4 is 0 Å². The Morgan fingerprint density at radius 3 is 1.07 bits per heavy atom. The average molecular weight is 411 g/mol. The van der Waals surface area contributed by atoms with E-state index in [0.29, 0.717) is 11.8 Å². The van der Waals surface area contributed by atoms with Gasteiger partial charge in [0.15, 0.2) is 0 Å². The average Bonchev–Trinajstić information content (AvgIpc) is 2.65. The quantitative estimate of drug-likeness (QED) is 0.181. The molecule has 0 radical (unpaired) electrons. The molecule has 1 heteroatoms. The van der Waals surface area contributed by atoms with E-state index < -0.39 is 0 Å². The van der Waals surface area contributed by atoms with Crippen LogP contribution in [0.2, 0.25) is 0 Å². The number of hydrogen-bond acceptors (Lipinski definition) is 1. The molecule has 0 N–H and O–H groups in total. The van der Waals surface area contributed by atoms with Gasteiger partial charge in [-0.05, 0) is 52.4 Å². The lowest BCUT2D eigenvalue weighted by Crippen LogP contribution is -2.45. The van der Waals surface area contributed by atoms with Gasteiger partial charge in [0, 0.05) is 0 Å². The van der Waals surface area contributed by atoms with E-state index in [1.165, 1.54) is 103 Å². The topological polar surface area (TPSA) is 9.23 Å². The van der Waals surface area contributed by atoms with Crippen molar-refractivity contribution in [1.82, 2.24) is 0 Å². The fourth-order valence-corrected chi connectivity index (χ4v) is 4.39. The Balaban J connectivity index is 4.13. The Labute approximate surface area is 186 Å². The summed E-state index contributed by atoms with van der Waals surface area (Å²) in [4.78, 5) is 0. The highest BCUT2D eigenvalue weighted by atomic mass is 16.5. The minimum Gasteiger partial charge on any atom is -0.369 e. The molecule has 176 valence electrons. The molecule has 0 spiro atoms. The monoisotopic (exact) mass is 410 g/mol. The van der Waals surface area contributed by atoms with Gasteiger partial charge in [0.25, 0.3) is 0 Å². The third-order valence-electron chi connectivity index (χ3n) is 7.38. The van der Waals surface area contributed by atoms with Crippen LogP contribution in [0.15, 0.2) is 0 Å². The molecule has 0 aromatic carbocycles. The molecular weight excluding hydrogens is 352 g/mol. The molecule has 0 rings (SSSR count). The van der Waals surface area contributed by atoms with Crippen LogP contribution in [-0.2, 0) is 4.74 Å². The van der Waals surface area contributed by atoms with E-state index in [-0.39, 0.29) is 11.2 Å². The molecule has 29 heavy (non-hydrogen) atoms. The Kier molecular flexibility index (Phi) is 16.6. The smallest absolute Gasteiger partial charge is 0.0659 e. The molecule has 0 aliphatic carbocycles. The Morgan fingerprint density at radius 2 is 0.759 bits per heavy atom. The second-order valence-electron chi connectivity index (χ2n) is 10.9. The van der Waals surface area contributed by atoms with Gasteiger partial charge in [-0.3, -0.25) is 0 Å². The molecule has 0 aromatic heterocycles. The highest BCUT2D eigenvalue weighted by Crippen LogP contribution is 2.35. The van der Waals surface area contributed by atoms with E-state index in [2.05, 4.69) is 55.4 Å².